The van der Waals surface area contributed by atoms with Crippen molar-refractivity contribution < 1.29 is 17.9 Å². The third-order valence-electron chi connectivity index (χ3n) is 5.45. The lowest BCUT2D eigenvalue weighted by Gasteiger charge is -2.31. The van der Waals surface area contributed by atoms with Crippen LogP contribution in [0.15, 0.2) is 53.7 Å². The fraction of sp³-hybridized carbons (Fsp3) is 0.364. The number of nitrogens with zero attached hydrogens (tertiary/aromatic N) is 5. The van der Waals surface area contributed by atoms with E-state index in [0.717, 1.165) is 0 Å². The van der Waals surface area contributed by atoms with Gasteiger partial charge < -0.3 is 10.1 Å². The van der Waals surface area contributed by atoms with Crippen LogP contribution in [0, 0.1) is 6.92 Å². The highest BCUT2D eigenvalue weighted by molar-refractivity contribution is 7.89. The van der Waals surface area contributed by atoms with E-state index in [4.69, 9.17) is 4.74 Å². The normalized spacial score (nSPS) is 15.3. The van der Waals surface area contributed by atoms with Crippen molar-refractivity contribution in [2.24, 2.45) is 0 Å². The molecule has 0 atom stereocenters. The molecule has 3 heterocycles. The number of piperidine rings is 1. The van der Waals surface area contributed by atoms with Crippen LogP contribution < -0.4 is 10.1 Å². The highest BCUT2D eigenvalue weighted by atomic mass is 32.2. The summed E-state index contributed by atoms with van der Waals surface area (Å²) < 4.78 is 35.4. The number of aromatic nitrogens is 4. The molecule has 1 amide bonds. The number of aryl methyl sites for hydroxylation is 1. The van der Waals surface area contributed by atoms with E-state index in [1.807, 2.05) is 0 Å². The van der Waals surface area contributed by atoms with Crippen LogP contribution in [-0.4, -0.2) is 57.8 Å². The van der Waals surface area contributed by atoms with Gasteiger partial charge in [-0.2, -0.15) is 9.40 Å². The van der Waals surface area contributed by atoms with Gasteiger partial charge in [0, 0.05) is 43.7 Å². The lowest BCUT2D eigenvalue weighted by molar-refractivity contribution is -0.115. The summed E-state index contributed by atoms with van der Waals surface area (Å²) in [6, 6.07) is 10.2. The number of carbonyl (C=O) groups excluding carboxylic acids is 1. The van der Waals surface area contributed by atoms with Crippen molar-refractivity contribution in [2.75, 3.05) is 18.4 Å². The molecule has 0 unspecified atom stereocenters. The molecule has 0 bridgehead atoms. The first-order valence-electron chi connectivity index (χ1n) is 10.8. The van der Waals surface area contributed by atoms with Gasteiger partial charge in [-0.25, -0.2) is 13.1 Å². The smallest absolute Gasteiger partial charge is 0.243 e. The van der Waals surface area contributed by atoms with Crippen molar-refractivity contribution in [2.45, 2.75) is 44.1 Å². The highest BCUT2D eigenvalue weighted by Crippen LogP contribution is 2.27. The quantitative estimate of drug-likeness (QED) is 0.563. The summed E-state index contributed by atoms with van der Waals surface area (Å²) in [6.07, 6.45) is 4.74. The Morgan fingerprint density at radius 3 is 2.58 bits per heavy atom. The summed E-state index contributed by atoms with van der Waals surface area (Å²) in [5.41, 5.74) is 1.18. The maximum atomic E-state index is 13.2. The van der Waals surface area contributed by atoms with E-state index < -0.39 is 10.0 Å². The first-order valence-corrected chi connectivity index (χ1v) is 12.2. The van der Waals surface area contributed by atoms with Crippen LogP contribution in [0.3, 0.4) is 0 Å². The Kier molecular flexibility index (Phi) is 6.70. The zero-order chi connectivity index (χ0) is 23.4. The summed E-state index contributed by atoms with van der Waals surface area (Å²) in [4.78, 5) is 11.8. The maximum Gasteiger partial charge on any atom is 0.243 e. The van der Waals surface area contributed by atoms with Crippen LogP contribution in [0.4, 0.5) is 5.69 Å². The lowest BCUT2D eigenvalue weighted by Crippen LogP contribution is -2.42. The van der Waals surface area contributed by atoms with Gasteiger partial charge in [0.15, 0.2) is 5.82 Å². The minimum atomic E-state index is -3.64. The minimum Gasteiger partial charge on any atom is -0.473 e. The standard InChI is InChI=1S/C22H26N6O4S/c1-3-21(29)24-17-5-6-19(16(2)15-17)33(30,31)27-13-9-18(10-14-27)32-22-8-7-20(25-26-22)28-12-4-11-23-28/h4-8,11-12,15,18H,3,9-10,13-14H2,1-2H3,(H,24,29). The fourth-order valence-corrected chi connectivity index (χ4v) is 5.34. The Labute approximate surface area is 192 Å². The van der Waals surface area contributed by atoms with Crippen molar-refractivity contribution >= 4 is 21.6 Å². The van der Waals surface area contributed by atoms with Gasteiger partial charge >= 0.3 is 0 Å². The van der Waals surface area contributed by atoms with Crippen LogP contribution in [-0.2, 0) is 14.8 Å². The first kappa shape index (κ1) is 22.9. The van der Waals surface area contributed by atoms with Crippen molar-refractivity contribution in [3.8, 4) is 11.7 Å². The number of sulfonamides is 1. The number of hydrogen-bond acceptors (Lipinski definition) is 7. The van der Waals surface area contributed by atoms with Gasteiger partial charge in [-0.3, -0.25) is 4.79 Å². The molecular formula is C22H26N6O4S. The molecule has 1 aromatic carbocycles. The summed E-state index contributed by atoms with van der Waals surface area (Å²) in [5.74, 6) is 0.865. The number of benzene rings is 1. The molecule has 3 aromatic rings. The fourth-order valence-electron chi connectivity index (χ4n) is 3.67. The number of hydrogen-bond donors (Lipinski definition) is 1. The molecule has 1 aliphatic heterocycles. The van der Waals surface area contributed by atoms with Gasteiger partial charge in [0.25, 0.3) is 0 Å². The maximum absolute atomic E-state index is 13.2. The summed E-state index contributed by atoms with van der Waals surface area (Å²) >= 11 is 0. The van der Waals surface area contributed by atoms with E-state index in [0.29, 0.717) is 55.3 Å². The Bertz CT molecular complexity index is 1200. The van der Waals surface area contributed by atoms with Crippen molar-refractivity contribution in [1.82, 2.24) is 24.3 Å². The average Bonchev–Trinajstić information content (AvgIpc) is 3.35. The van der Waals surface area contributed by atoms with Crippen molar-refractivity contribution in [1.29, 1.82) is 0 Å². The molecule has 33 heavy (non-hydrogen) atoms. The van der Waals surface area contributed by atoms with Crippen LogP contribution in [0.5, 0.6) is 5.88 Å². The minimum absolute atomic E-state index is 0.118. The van der Waals surface area contributed by atoms with E-state index in [1.165, 1.54) is 4.31 Å². The number of ether oxygens (including phenoxy) is 1. The monoisotopic (exact) mass is 470 g/mol. The number of rotatable bonds is 7. The highest BCUT2D eigenvalue weighted by Gasteiger charge is 2.31. The largest absolute Gasteiger partial charge is 0.473 e. The topological polar surface area (TPSA) is 119 Å². The van der Waals surface area contributed by atoms with E-state index in [2.05, 4.69) is 20.6 Å². The molecule has 4 rings (SSSR count). The van der Waals surface area contributed by atoms with Gasteiger partial charge in [0.1, 0.15) is 6.10 Å². The Balaban J connectivity index is 1.36. The lowest BCUT2D eigenvalue weighted by atomic mass is 10.1. The Morgan fingerprint density at radius 1 is 1.18 bits per heavy atom. The number of nitrogens with one attached hydrogen (secondary N) is 1. The molecule has 0 aliphatic carbocycles. The van der Waals surface area contributed by atoms with E-state index in [1.54, 1.807) is 67.3 Å². The molecule has 174 valence electrons. The van der Waals surface area contributed by atoms with Crippen molar-refractivity contribution in [3.05, 3.63) is 54.4 Å². The summed E-state index contributed by atoms with van der Waals surface area (Å²) in [6.45, 7) is 4.19. The molecule has 0 radical (unpaired) electrons. The molecule has 10 nitrogen and oxygen atoms in total. The van der Waals surface area contributed by atoms with Gasteiger partial charge in [-0.1, -0.05) is 6.92 Å². The predicted octanol–water partition coefficient (Wildman–Crippen LogP) is 2.55. The second-order valence-corrected chi connectivity index (χ2v) is 9.69. The van der Waals surface area contributed by atoms with Crippen molar-refractivity contribution in [3.63, 3.8) is 0 Å². The first-order chi connectivity index (χ1) is 15.9. The molecule has 1 N–H and O–H groups in total. The molecule has 1 aliphatic rings. The third-order valence-corrected chi connectivity index (χ3v) is 7.51. The van der Waals surface area contributed by atoms with Gasteiger partial charge in [0.2, 0.25) is 21.8 Å². The van der Waals surface area contributed by atoms with E-state index in [-0.39, 0.29) is 16.9 Å². The number of carbonyl (C=O) groups is 1. The Morgan fingerprint density at radius 2 is 1.97 bits per heavy atom. The summed E-state index contributed by atoms with van der Waals surface area (Å²) in [5, 5.41) is 15.1. The molecule has 11 heteroatoms. The number of anilines is 1. The second-order valence-electron chi connectivity index (χ2n) is 7.78. The molecule has 2 aromatic heterocycles. The third kappa shape index (κ3) is 5.20. The van der Waals surface area contributed by atoms with Gasteiger partial charge in [-0.05, 0) is 55.7 Å². The Hall–Kier alpha value is -3.31. The van der Waals surface area contributed by atoms with E-state index >= 15 is 0 Å². The molecule has 0 spiro atoms. The molecule has 0 saturated carbocycles. The van der Waals surface area contributed by atoms with Crippen LogP contribution in [0.25, 0.3) is 5.82 Å². The SMILES string of the molecule is CCC(=O)Nc1ccc(S(=O)(=O)N2CCC(Oc3ccc(-n4cccn4)nn3)CC2)c(C)c1. The van der Waals surface area contributed by atoms with Crippen LogP contribution in [0.2, 0.25) is 0 Å². The molecular weight excluding hydrogens is 444 g/mol. The van der Waals surface area contributed by atoms with Crippen LogP contribution in [0.1, 0.15) is 31.7 Å². The molecule has 1 fully saturated rings. The van der Waals surface area contributed by atoms with Crippen LogP contribution >= 0.6 is 0 Å². The second kappa shape index (κ2) is 9.67. The zero-order valence-electron chi connectivity index (χ0n) is 18.5. The average molecular weight is 471 g/mol. The summed E-state index contributed by atoms with van der Waals surface area (Å²) in [7, 11) is -3.64. The number of amides is 1. The van der Waals surface area contributed by atoms with Gasteiger partial charge in [-0.15, -0.1) is 10.2 Å². The zero-order valence-corrected chi connectivity index (χ0v) is 19.3. The van der Waals surface area contributed by atoms with E-state index in [9.17, 15) is 13.2 Å². The predicted molar refractivity (Wildman–Crippen MR) is 122 cm³/mol. The molecule has 1 saturated heterocycles. The van der Waals surface area contributed by atoms with Gasteiger partial charge in [0.05, 0.1) is 4.90 Å².